The molecule has 0 aromatic heterocycles. The third kappa shape index (κ3) is 12.7. The first-order valence-corrected chi connectivity index (χ1v) is 9.78. The van der Waals surface area contributed by atoms with Crippen molar-refractivity contribution in [1.29, 1.82) is 0 Å². The third-order valence-corrected chi connectivity index (χ3v) is 4.85. The summed E-state index contributed by atoms with van der Waals surface area (Å²) in [5.41, 5.74) is 0. The second kappa shape index (κ2) is 12.3. The van der Waals surface area contributed by atoms with Gasteiger partial charge in [-0.15, -0.1) is 0 Å². The molecule has 6 heteroatoms. The molecule has 0 amide bonds. The van der Waals surface area contributed by atoms with Gasteiger partial charge in [-0.1, -0.05) is 12.8 Å². The molecule has 0 unspecified atom stereocenters. The molecule has 0 radical (unpaired) electrons. The molecule has 18 heavy (non-hydrogen) atoms. The van der Waals surface area contributed by atoms with Crippen LogP contribution >= 0.6 is 11.8 Å². The SMILES string of the molecule is CNCCCCS(=O)(=O)NCCCCCCSC. The monoisotopic (exact) mass is 296 g/mol. The molecule has 0 fully saturated rings. The highest BCUT2D eigenvalue weighted by molar-refractivity contribution is 7.98. The van der Waals surface area contributed by atoms with Crippen molar-refractivity contribution in [3.05, 3.63) is 0 Å². The summed E-state index contributed by atoms with van der Waals surface area (Å²) in [7, 11) is -1.16. The average molecular weight is 297 g/mol. The van der Waals surface area contributed by atoms with Gasteiger partial charge in [0.05, 0.1) is 5.75 Å². The maximum Gasteiger partial charge on any atom is 0.211 e. The van der Waals surface area contributed by atoms with Crippen LogP contribution in [0, 0.1) is 0 Å². The van der Waals surface area contributed by atoms with Gasteiger partial charge in [-0.25, -0.2) is 13.1 Å². The van der Waals surface area contributed by atoms with Crippen molar-refractivity contribution in [1.82, 2.24) is 10.0 Å². The van der Waals surface area contributed by atoms with Gasteiger partial charge in [0.1, 0.15) is 0 Å². The van der Waals surface area contributed by atoms with Crippen molar-refractivity contribution in [2.75, 3.05) is 37.9 Å². The smallest absolute Gasteiger partial charge is 0.211 e. The van der Waals surface area contributed by atoms with Crippen molar-refractivity contribution in [2.45, 2.75) is 38.5 Å². The Balaban J connectivity index is 3.41. The quantitative estimate of drug-likeness (QED) is 0.509. The van der Waals surface area contributed by atoms with E-state index in [1.807, 2.05) is 18.8 Å². The minimum absolute atomic E-state index is 0.251. The number of nitrogens with one attached hydrogen (secondary N) is 2. The van der Waals surface area contributed by atoms with Crippen LogP contribution in [0.15, 0.2) is 0 Å². The van der Waals surface area contributed by atoms with Crippen LogP contribution in [0.4, 0.5) is 0 Å². The van der Waals surface area contributed by atoms with Crippen molar-refractivity contribution >= 4 is 21.8 Å². The topological polar surface area (TPSA) is 58.2 Å². The number of sulfonamides is 1. The van der Waals surface area contributed by atoms with Crippen molar-refractivity contribution in [3.63, 3.8) is 0 Å². The van der Waals surface area contributed by atoms with Gasteiger partial charge >= 0.3 is 0 Å². The maximum atomic E-state index is 11.6. The predicted octanol–water partition coefficient (Wildman–Crippen LogP) is 1.83. The number of unbranched alkanes of at least 4 members (excludes halogenated alkanes) is 4. The van der Waals surface area contributed by atoms with Crippen LogP contribution in [-0.2, 0) is 10.0 Å². The Kier molecular flexibility index (Phi) is 12.4. The molecule has 4 nitrogen and oxygen atoms in total. The normalized spacial score (nSPS) is 11.9. The lowest BCUT2D eigenvalue weighted by molar-refractivity contribution is 0.568. The fourth-order valence-electron chi connectivity index (χ4n) is 1.62. The zero-order valence-corrected chi connectivity index (χ0v) is 13.3. The molecule has 0 rings (SSSR count). The van der Waals surface area contributed by atoms with Crippen LogP contribution in [0.1, 0.15) is 38.5 Å². The molecule has 0 aromatic carbocycles. The van der Waals surface area contributed by atoms with Gasteiger partial charge in [0, 0.05) is 6.54 Å². The van der Waals surface area contributed by atoms with Gasteiger partial charge in [0.15, 0.2) is 0 Å². The van der Waals surface area contributed by atoms with E-state index >= 15 is 0 Å². The van der Waals surface area contributed by atoms with E-state index in [9.17, 15) is 8.42 Å². The molecular weight excluding hydrogens is 268 g/mol. The summed E-state index contributed by atoms with van der Waals surface area (Å²) in [6.45, 7) is 1.47. The van der Waals surface area contributed by atoms with E-state index in [0.717, 1.165) is 32.2 Å². The Morgan fingerprint density at radius 2 is 1.61 bits per heavy atom. The van der Waals surface area contributed by atoms with Gasteiger partial charge in [0.25, 0.3) is 0 Å². The second-order valence-electron chi connectivity index (χ2n) is 4.43. The van der Waals surface area contributed by atoms with Crippen LogP contribution < -0.4 is 10.0 Å². The fourth-order valence-corrected chi connectivity index (χ4v) is 3.30. The van der Waals surface area contributed by atoms with Crippen LogP contribution in [0.2, 0.25) is 0 Å². The Hall–Kier alpha value is 0.220. The van der Waals surface area contributed by atoms with E-state index < -0.39 is 10.0 Å². The van der Waals surface area contributed by atoms with E-state index in [1.54, 1.807) is 0 Å². The molecule has 0 aromatic rings. The average Bonchev–Trinajstić information content (AvgIpc) is 2.34. The molecule has 0 aliphatic rings. The van der Waals surface area contributed by atoms with Crippen molar-refractivity contribution in [2.24, 2.45) is 0 Å². The standard InChI is InChI=1S/C12H28N2O2S2/c1-13-9-6-8-12-18(15,16)14-10-5-3-4-7-11-17-2/h13-14H,3-12H2,1-2H3. The summed E-state index contributed by atoms with van der Waals surface area (Å²) in [5, 5.41) is 3.01. The molecule has 0 atom stereocenters. The molecule has 0 saturated carbocycles. The Labute approximate surface area is 117 Å². The highest BCUT2D eigenvalue weighted by Gasteiger charge is 2.08. The zero-order valence-electron chi connectivity index (χ0n) is 11.7. The molecule has 0 bridgehead atoms. The second-order valence-corrected chi connectivity index (χ2v) is 7.34. The van der Waals surface area contributed by atoms with Crippen molar-refractivity contribution in [3.8, 4) is 0 Å². The lowest BCUT2D eigenvalue weighted by Crippen LogP contribution is -2.27. The van der Waals surface area contributed by atoms with Gasteiger partial charge < -0.3 is 5.32 Å². The molecule has 0 heterocycles. The van der Waals surface area contributed by atoms with Crippen LogP contribution in [-0.4, -0.2) is 46.3 Å². The Bertz CT molecular complexity index is 269. The molecule has 0 aliphatic carbocycles. The largest absolute Gasteiger partial charge is 0.320 e. The number of hydrogen-bond donors (Lipinski definition) is 2. The summed E-state index contributed by atoms with van der Waals surface area (Å²) < 4.78 is 25.9. The highest BCUT2D eigenvalue weighted by Crippen LogP contribution is 2.04. The predicted molar refractivity (Wildman–Crippen MR) is 81.8 cm³/mol. The first-order valence-electron chi connectivity index (χ1n) is 6.73. The first-order chi connectivity index (χ1) is 8.62. The molecule has 0 spiro atoms. The third-order valence-electron chi connectivity index (χ3n) is 2.69. The van der Waals surface area contributed by atoms with Gasteiger partial charge in [-0.2, -0.15) is 11.8 Å². The molecular formula is C12H28N2O2S2. The molecule has 0 aliphatic heterocycles. The van der Waals surface area contributed by atoms with Gasteiger partial charge in [-0.3, -0.25) is 0 Å². The summed E-state index contributed by atoms with van der Waals surface area (Å²) >= 11 is 1.87. The number of rotatable bonds is 13. The van der Waals surface area contributed by atoms with Crippen LogP contribution in [0.25, 0.3) is 0 Å². The highest BCUT2D eigenvalue weighted by atomic mass is 32.2. The van der Waals surface area contributed by atoms with Crippen molar-refractivity contribution < 1.29 is 8.42 Å². The Morgan fingerprint density at radius 3 is 2.28 bits per heavy atom. The lowest BCUT2D eigenvalue weighted by atomic mass is 10.2. The van der Waals surface area contributed by atoms with Gasteiger partial charge in [-0.05, 0) is 51.3 Å². The van der Waals surface area contributed by atoms with Crippen LogP contribution in [0.3, 0.4) is 0 Å². The minimum Gasteiger partial charge on any atom is -0.320 e. The molecule has 110 valence electrons. The van der Waals surface area contributed by atoms with E-state index in [2.05, 4.69) is 16.3 Å². The summed E-state index contributed by atoms with van der Waals surface area (Å²) in [6.07, 6.45) is 8.24. The number of thioether (sulfide) groups is 1. The Morgan fingerprint density at radius 1 is 0.944 bits per heavy atom. The summed E-state index contributed by atoms with van der Waals surface area (Å²) in [4.78, 5) is 0. The summed E-state index contributed by atoms with van der Waals surface area (Å²) in [5.74, 6) is 1.46. The molecule has 2 N–H and O–H groups in total. The fraction of sp³-hybridized carbons (Fsp3) is 1.00. The van der Waals surface area contributed by atoms with E-state index in [-0.39, 0.29) is 5.75 Å². The minimum atomic E-state index is -3.04. The molecule has 0 saturated heterocycles. The van der Waals surface area contributed by atoms with E-state index in [0.29, 0.717) is 6.54 Å². The summed E-state index contributed by atoms with van der Waals surface area (Å²) in [6, 6.07) is 0. The first kappa shape index (κ1) is 18.2. The van der Waals surface area contributed by atoms with Gasteiger partial charge in [0.2, 0.25) is 10.0 Å². The van der Waals surface area contributed by atoms with Crippen LogP contribution in [0.5, 0.6) is 0 Å². The van der Waals surface area contributed by atoms with E-state index in [1.165, 1.54) is 18.6 Å². The number of hydrogen-bond acceptors (Lipinski definition) is 4. The zero-order chi connectivity index (χ0) is 13.7. The lowest BCUT2D eigenvalue weighted by Gasteiger charge is -2.06. The van der Waals surface area contributed by atoms with E-state index in [4.69, 9.17) is 0 Å². The maximum absolute atomic E-state index is 11.6.